The van der Waals surface area contributed by atoms with Gasteiger partial charge in [0.15, 0.2) is 25.2 Å². The highest BCUT2D eigenvalue weighted by molar-refractivity contribution is 5.00. The molecular formula is C24H44N2O18. The van der Waals surface area contributed by atoms with Gasteiger partial charge in [0, 0.05) is 0 Å². The van der Waals surface area contributed by atoms with Crippen LogP contribution in [0.2, 0.25) is 0 Å². The molecule has 4 heterocycles. The molecule has 20 nitrogen and oxygen atoms in total. The third kappa shape index (κ3) is 7.05. The number of aliphatic hydroxyl groups excluding tert-OH is 11. The van der Waals surface area contributed by atoms with Gasteiger partial charge in [-0.25, -0.2) is 0 Å². The van der Waals surface area contributed by atoms with E-state index in [0.29, 0.717) is 0 Å². The van der Waals surface area contributed by atoms with Crippen LogP contribution < -0.4 is 11.5 Å². The van der Waals surface area contributed by atoms with Crippen molar-refractivity contribution in [1.29, 1.82) is 0 Å². The van der Waals surface area contributed by atoms with E-state index in [1.807, 2.05) is 0 Å². The minimum absolute atomic E-state index is 0.717. The average Bonchev–Trinajstić information content (AvgIpc) is 3.01. The Labute approximate surface area is 250 Å². The molecule has 0 saturated carbocycles. The number of ether oxygens (including phenoxy) is 7. The van der Waals surface area contributed by atoms with Gasteiger partial charge in [0.05, 0.1) is 38.0 Å². The summed E-state index contributed by atoms with van der Waals surface area (Å²) in [4.78, 5) is 0. The molecule has 20 atom stereocenters. The second kappa shape index (κ2) is 15.0. The van der Waals surface area contributed by atoms with E-state index in [9.17, 15) is 56.2 Å². The second-order valence-electron chi connectivity index (χ2n) is 11.3. The van der Waals surface area contributed by atoms with Crippen molar-refractivity contribution in [2.45, 2.75) is 130 Å². The maximum absolute atomic E-state index is 10.7. The average molecular weight is 649 g/mol. The number of aliphatic hydroxyl groups is 11. The molecule has 258 valence electrons. The standard InChI is InChI=1S/C24H44N2O18/c1-5-11(30)14(33)16(35)23(38-5)44-20-10(26)22(43-19-9(25)21(37)39-7(3-28)13(19)32)41-8(4-29)18(20)42-24-17(36)15(34)12(31)6(2-27)40-24/h5-24,27-37H,2-4,25-26H2,1H3/t5-,6+,7+,8+,9+,10+,11+,12-,13-,14+,15-,16-,17+,18+,19+,20+,21-,22-,23-,24-/m0/s1. The normalized spacial score (nSPS) is 53.9. The monoisotopic (exact) mass is 648 g/mol. The summed E-state index contributed by atoms with van der Waals surface area (Å²) in [5, 5.41) is 112. The van der Waals surface area contributed by atoms with Crippen LogP contribution in [-0.4, -0.2) is 199 Å². The zero-order valence-corrected chi connectivity index (χ0v) is 23.6. The predicted molar refractivity (Wildman–Crippen MR) is 136 cm³/mol. The van der Waals surface area contributed by atoms with E-state index in [-0.39, 0.29) is 0 Å². The molecular weight excluding hydrogens is 604 g/mol. The molecule has 0 aromatic heterocycles. The molecule has 15 N–H and O–H groups in total. The Kier molecular flexibility index (Phi) is 12.3. The Morgan fingerprint density at radius 3 is 1.55 bits per heavy atom. The highest BCUT2D eigenvalue weighted by Gasteiger charge is 2.55. The molecule has 0 spiro atoms. The van der Waals surface area contributed by atoms with Crippen LogP contribution in [0.15, 0.2) is 0 Å². The Bertz CT molecular complexity index is 909. The van der Waals surface area contributed by atoms with Crippen molar-refractivity contribution < 1.29 is 89.3 Å². The van der Waals surface area contributed by atoms with Crippen LogP contribution in [0, 0.1) is 0 Å². The van der Waals surface area contributed by atoms with Crippen molar-refractivity contribution in [2.75, 3.05) is 19.8 Å². The Morgan fingerprint density at radius 1 is 0.477 bits per heavy atom. The van der Waals surface area contributed by atoms with Crippen LogP contribution >= 0.6 is 0 Å². The van der Waals surface area contributed by atoms with Crippen LogP contribution in [-0.2, 0) is 33.2 Å². The first-order valence-corrected chi connectivity index (χ1v) is 14.1. The smallest absolute Gasteiger partial charge is 0.187 e. The molecule has 0 aliphatic carbocycles. The largest absolute Gasteiger partial charge is 0.394 e. The third-order valence-corrected chi connectivity index (χ3v) is 8.32. The minimum Gasteiger partial charge on any atom is -0.394 e. The first-order valence-electron chi connectivity index (χ1n) is 14.1. The van der Waals surface area contributed by atoms with Crippen molar-refractivity contribution >= 4 is 0 Å². The van der Waals surface area contributed by atoms with E-state index in [2.05, 4.69) is 0 Å². The number of rotatable bonds is 9. The number of hydrogen-bond acceptors (Lipinski definition) is 20. The van der Waals surface area contributed by atoms with Crippen LogP contribution in [0.25, 0.3) is 0 Å². The third-order valence-electron chi connectivity index (χ3n) is 8.32. The van der Waals surface area contributed by atoms with Gasteiger partial charge in [-0.3, -0.25) is 0 Å². The topological polar surface area (TPSA) is 339 Å². The summed E-state index contributed by atoms with van der Waals surface area (Å²) in [5.74, 6) is 0. The van der Waals surface area contributed by atoms with Gasteiger partial charge in [-0.2, -0.15) is 0 Å². The van der Waals surface area contributed by atoms with Gasteiger partial charge in [0.1, 0.15) is 79.4 Å². The lowest BCUT2D eigenvalue weighted by atomic mass is 9.94. The van der Waals surface area contributed by atoms with Crippen LogP contribution in [0.3, 0.4) is 0 Å². The molecule has 0 aromatic carbocycles. The molecule has 4 aliphatic heterocycles. The van der Waals surface area contributed by atoms with Crippen molar-refractivity contribution in [3.63, 3.8) is 0 Å². The fourth-order valence-electron chi connectivity index (χ4n) is 5.57. The summed E-state index contributed by atoms with van der Waals surface area (Å²) in [6, 6.07) is -2.87. The van der Waals surface area contributed by atoms with Crippen molar-refractivity contribution in [1.82, 2.24) is 0 Å². The van der Waals surface area contributed by atoms with E-state index < -0.39 is 143 Å². The molecule has 20 heteroatoms. The Hall–Kier alpha value is -0.800. The van der Waals surface area contributed by atoms with Crippen LogP contribution in [0.5, 0.6) is 0 Å². The predicted octanol–water partition coefficient (Wildman–Crippen LogP) is -8.79. The summed E-state index contributed by atoms with van der Waals surface area (Å²) in [5.41, 5.74) is 12.4. The van der Waals surface area contributed by atoms with Gasteiger partial charge < -0.3 is 101 Å². The summed E-state index contributed by atoms with van der Waals surface area (Å²) >= 11 is 0. The van der Waals surface area contributed by atoms with Gasteiger partial charge in [-0.1, -0.05) is 0 Å². The summed E-state index contributed by atoms with van der Waals surface area (Å²) in [6.07, 6.45) is -28.6. The van der Waals surface area contributed by atoms with Gasteiger partial charge >= 0.3 is 0 Å². The summed E-state index contributed by atoms with van der Waals surface area (Å²) in [7, 11) is 0. The minimum atomic E-state index is -1.89. The molecule has 4 aliphatic rings. The second-order valence-corrected chi connectivity index (χ2v) is 11.3. The van der Waals surface area contributed by atoms with Crippen LogP contribution in [0.1, 0.15) is 6.92 Å². The maximum atomic E-state index is 10.7. The molecule has 0 unspecified atom stereocenters. The lowest BCUT2D eigenvalue weighted by Crippen LogP contribution is -2.70. The van der Waals surface area contributed by atoms with E-state index >= 15 is 0 Å². The van der Waals surface area contributed by atoms with Crippen molar-refractivity contribution in [2.24, 2.45) is 11.5 Å². The first kappa shape index (κ1) is 36.0. The van der Waals surface area contributed by atoms with E-state index in [1.165, 1.54) is 6.92 Å². The van der Waals surface area contributed by atoms with Crippen molar-refractivity contribution in [3.8, 4) is 0 Å². The molecule has 0 bridgehead atoms. The Morgan fingerprint density at radius 2 is 0.955 bits per heavy atom. The lowest BCUT2D eigenvalue weighted by Gasteiger charge is -2.50. The quantitative estimate of drug-likeness (QED) is 0.110. The first-order chi connectivity index (χ1) is 20.7. The van der Waals surface area contributed by atoms with Gasteiger partial charge in [0.25, 0.3) is 0 Å². The molecule has 0 aromatic rings. The summed E-state index contributed by atoms with van der Waals surface area (Å²) < 4.78 is 39.4. The van der Waals surface area contributed by atoms with E-state index in [1.54, 1.807) is 0 Å². The Balaban J connectivity index is 1.63. The zero-order valence-electron chi connectivity index (χ0n) is 23.6. The maximum Gasteiger partial charge on any atom is 0.187 e. The number of nitrogens with two attached hydrogens (primary N) is 2. The van der Waals surface area contributed by atoms with E-state index in [0.717, 1.165) is 0 Å². The molecule has 4 rings (SSSR count). The fourth-order valence-corrected chi connectivity index (χ4v) is 5.57. The number of hydrogen-bond donors (Lipinski definition) is 13. The molecule has 0 amide bonds. The zero-order chi connectivity index (χ0) is 32.6. The molecule has 4 saturated heterocycles. The SMILES string of the molecule is C[C@@H]1O[C@@H](O[C@@H]2[C@@H](N)[C@H](O[C@@H]3[C@@H](N)[C@@H](O)O[C@H](CO)[C@@H]3O)O[C@H](CO)[C@H]2O[C@@H]2O[C@H](CO)[C@H](O)[C@H](O)[C@H]2O)[C@@H](O)[C@H](O)[C@@H]1O. The van der Waals surface area contributed by atoms with Crippen molar-refractivity contribution in [3.05, 3.63) is 0 Å². The van der Waals surface area contributed by atoms with Crippen LogP contribution in [0.4, 0.5) is 0 Å². The summed E-state index contributed by atoms with van der Waals surface area (Å²) in [6.45, 7) is -0.948. The van der Waals surface area contributed by atoms with E-state index in [4.69, 9.17) is 44.6 Å². The lowest BCUT2D eigenvalue weighted by molar-refractivity contribution is -0.379. The van der Waals surface area contributed by atoms with Gasteiger partial charge in [-0.15, -0.1) is 0 Å². The highest BCUT2D eigenvalue weighted by atomic mass is 16.8. The molecule has 0 radical (unpaired) electrons. The fraction of sp³-hybridized carbons (Fsp3) is 1.00. The van der Waals surface area contributed by atoms with Gasteiger partial charge in [-0.05, 0) is 6.92 Å². The van der Waals surface area contributed by atoms with Gasteiger partial charge in [0.2, 0.25) is 0 Å². The highest BCUT2D eigenvalue weighted by Crippen LogP contribution is 2.34. The molecule has 4 fully saturated rings. The molecule has 44 heavy (non-hydrogen) atoms.